The van der Waals surface area contributed by atoms with Gasteiger partial charge >= 0.3 is 0 Å². The average molecular weight is 299 g/mol. The molecular formula is C15H29N3OS. The second-order valence-corrected chi connectivity index (χ2v) is 6.79. The number of hydrogen-bond acceptors (Lipinski definition) is 3. The summed E-state index contributed by atoms with van der Waals surface area (Å²) < 4.78 is 5.89. The van der Waals surface area contributed by atoms with E-state index in [9.17, 15) is 0 Å². The molecule has 0 heterocycles. The van der Waals surface area contributed by atoms with Crippen LogP contribution in [0.3, 0.4) is 0 Å². The van der Waals surface area contributed by atoms with E-state index < -0.39 is 0 Å². The van der Waals surface area contributed by atoms with Crippen molar-refractivity contribution in [1.82, 2.24) is 10.6 Å². The molecule has 2 atom stereocenters. The Morgan fingerprint density at radius 3 is 2.80 bits per heavy atom. The van der Waals surface area contributed by atoms with Gasteiger partial charge in [0.1, 0.15) is 0 Å². The first-order chi connectivity index (χ1) is 9.76. The zero-order chi connectivity index (χ0) is 14.4. The summed E-state index contributed by atoms with van der Waals surface area (Å²) in [6.45, 7) is 3.93. The van der Waals surface area contributed by atoms with Crippen molar-refractivity contribution in [3.05, 3.63) is 0 Å². The van der Waals surface area contributed by atoms with Gasteiger partial charge in [0.05, 0.1) is 6.10 Å². The van der Waals surface area contributed by atoms with Crippen LogP contribution in [0.1, 0.15) is 39.0 Å². The van der Waals surface area contributed by atoms with E-state index in [1.54, 1.807) is 0 Å². The summed E-state index contributed by atoms with van der Waals surface area (Å²) in [7, 11) is 1.86. The number of nitrogens with one attached hydrogen (secondary N) is 2. The van der Waals surface area contributed by atoms with E-state index in [1.165, 1.54) is 31.4 Å². The molecule has 2 rings (SSSR count). The molecule has 2 fully saturated rings. The number of thioether (sulfide) groups is 1. The fraction of sp³-hybridized carbons (Fsp3) is 0.933. The minimum absolute atomic E-state index is 0.396. The molecule has 1 spiro atoms. The van der Waals surface area contributed by atoms with Crippen molar-refractivity contribution < 1.29 is 4.74 Å². The highest BCUT2D eigenvalue weighted by Gasteiger charge is 2.59. The van der Waals surface area contributed by atoms with Crippen molar-refractivity contribution in [1.29, 1.82) is 0 Å². The third kappa shape index (κ3) is 3.25. The molecule has 0 aromatic carbocycles. The molecule has 2 N–H and O–H groups in total. The quantitative estimate of drug-likeness (QED) is 0.430. The van der Waals surface area contributed by atoms with Gasteiger partial charge in [-0.1, -0.05) is 6.42 Å². The zero-order valence-corrected chi connectivity index (χ0v) is 13.9. The summed E-state index contributed by atoms with van der Waals surface area (Å²) >= 11 is 1.89. The summed E-state index contributed by atoms with van der Waals surface area (Å²) in [5.41, 5.74) is 0.396. The van der Waals surface area contributed by atoms with Crippen molar-refractivity contribution in [2.75, 3.05) is 32.2 Å². The van der Waals surface area contributed by atoms with E-state index in [-0.39, 0.29) is 0 Å². The molecule has 2 aliphatic rings. The van der Waals surface area contributed by atoms with Gasteiger partial charge in [0, 0.05) is 31.7 Å². The van der Waals surface area contributed by atoms with Crippen LogP contribution in [0.25, 0.3) is 0 Å². The van der Waals surface area contributed by atoms with Crippen LogP contribution in [0.4, 0.5) is 0 Å². The molecule has 0 bridgehead atoms. The van der Waals surface area contributed by atoms with Gasteiger partial charge in [0.2, 0.25) is 0 Å². The van der Waals surface area contributed by atoms with Crippen LogP contribution in [0.2, 0.25) is 0 Å². The lowest BCUT2D eigenvalue weighted by molar-refractivity contribution is -0.168. The molecule has 2 unspecified atom stereocenters. The van der Waals surface area contributed by atoms with Crippen LogP contribution in [0.15, 0.2) is 4.99 Å². The Morgan fingerprint density at radius 2 is 2.25 bits per heavy atom. The standard InChI is InChI=1S/C15H29N3OS/c1-4-19-13-11-12(15(13)7-5-8-15)18-14(16-2)17-9-6-10-20-3/h12-13H,4-11H2,1-3H3,(H2,16,17,18). The van der Waals surface area contributed by atoms with Crippen LogP contribution in [-0.2, 0) is 4.74 Å². The normalized spacial score (nSPS) is 27.9. The number of nitrogens with zero attached hydrogens (tertiary/aromatic N) is 1. The monoisotopic (exact) mass is 299 g/mol. The maximum Gasteiger partial charge on any atom is 0.191 e. The second-order valence-electron chi connectivity index (χ2n) is 5.81. The number of hydrogen-bond donors (Lipinski definition) is 2. The highest BCUT2D eigenvalue weighted by atomic mass is 32.2. The summed E-state index contributed by atoms with van der Waals surface area (Å²) in [4.78, 5) is 4.35. The molecule has 0 aromatic heterocycles. The average Bonchev–Trinajstić information content (AvgIpc) is 2.38. The van der Waals surface area contributed by atoms with Gasteiger partial charge in [0.15, 0.2) is 5.96 Å². The molecule has 0 amide bonds. The Kier molecular flexibility index (Phi) is 6.02. The van der Waals surface area contributed by atoms with E-state index in [0.717, 1.165) is 25.5 Å². The largest absolute Gasteiger partial charge is 0.378 e. The van der Waals surface area contributed by atoms with Gasteiger partial charge in [-0.3, -0.25) is 4.99 Å². The third-order valence-electron chi connectivity index (χ3n) is 4.79. The van der Waals surface area contributed by atoms with Crippen LogP contribution in [0.5, 0.6) is 0 Å². The smallest absolute Gasteiger partial charge is 0.191 e. The Labute approximate surface area is 127 Å². The Balaban J connectivity index is 1.77. The first-order valence-electron chi connectivity index (χ1n) is 7.84. The first kappa shape index (κ1) is 16.0. The molecule has 116 valence electrons. The predicted molar refractivity (Wildman–Crippen MR) is 87.6 cm³/mol. The van der Waals surface area contributed by atoms with Crippen LogP contribution >= 0.6 is 11.8 Å². The van der Waals surface area contributed by atoms with E-state index in [2.05, 4.69) is 28.8 Å². The summed E-state index contributed by atoms with van der Waals surface area (Å²) in [5, 5.41) is 7.03. The van der Waals surface area contributed by atoms with Gasteiger partial charge < -0.3 is 15.4 Å². The molecule has 0 aromatic rings. The topological polar surface area (TPSA) is 45.6 Å². The van der Waals surface area contributed by atoms with E-state index >= 15 is 0 Å². The highest BCUT2D eigenvalue weighted by Crippen LogP contribution is 2.57. The first-order valence-corrected chi connectivity index (χ1v) is 9.24. The van der Waals surface area contributed by atoms with E-state index in [1.807, 2.05) is 18.8 Å². The van der Waals surface area contributed by atoms with Crippen LogP contribution < -0.4 is 10.6 Å². The minimum Gasteiger partial charge on any atom is -0.378 e. The van der Waals surface area contributed by atoms with Crippen molar-refractivity contribution in [2.24, 2.45) is 10.4 Å². The Morgan fingerprint density at radius 1 is 1.45 bits per heavy atom. The van der Waals surface area contributed by atoms with E-state index in [4.69, 9.17) is 4.74 Å². The van der Waals surface area contributed by atoms with Gasteiger partial charge in [-0.15, -0.1) is 0 Å². The van der Waals surface area contributed by atoms with Gasteiger partial charge in [-0.2, -0.15) is 11.8 Å². The molecule has 5 heteroatoms. The third-order valence-corrected chi connectivity index (χ3v) is 5.49. The maximum absolute atomic E-state index is 5.89. The lowest BCUT2D eigenvalue weighted by atomic mass is 9.51. The molecule has 0 aliphatic heterocycles. The van der Waals surface area contributed by atoms with Gasteiger partial charge in [0.25, 0.3) is 0 Å². The fourth-order valence-corrected chi connectivity index (χ4v) is 3.86. The predicted octanol–water partition coefficient (Wildman–Crippen LogP) is 2.25. The molecule has 4 nitrogen and oxygen atoms in total. The zero-order valence-electron chi connectivity index (χ0n) is 13.1. The van der Waals surface area contributed by atoms with Crippen molar-refractivity contribution in [3.8, 4) is 0 Å². The lowest BCUT2D eigenvalue weighted by Crippen LogP contribution is -2.68. The molecule has 20 heavy (non-hydrogen) atoms. The fourth-order valence-electron chi connectivity index (χ4n) is 3.42. The number of rotatable bonds is 7. The maximum atomic E-state index is 5.89. The SMILES string of the molecule is CCOC1CC(NC(=NC)NCCCSC)C12CCC2. The van der Waals surface area contributed by atoms with Crippen molar-refractivity contribution in [2.45, 2.75) is 51.2 Å². The summed E-state index contributed by atoms with van der Waals surface area (Å²) in [6.07, 6.45) is 8.88. The molecular weight excluding hydrogens is 270 g/mol. The second kappa shape index (κ2) is 7.55. The lowest BCUT2D eigenvalue weighted by Gasteiger charge is -2.61. The van der Waals surface area contributed by atoms with Crippen molar-refractivity contribution in [3.63, 3.8) is 0 Å². The van der Waals surface area contributed by atoms with Gasteiger partial charge in [-0.05, 0) is 44.6 Å². The van der Waals surface area contributed by atoms with Crippen molar-refractivity contribution >= 4 is 17.7 Å². The molecule has 2 saturated carbocycles. The summed E-state index contributed by atoms with van der Waals surface area (Å²) in [5.74, 6) is 2.15. The van der Waals surface area contributed by atoms with Crippen LogP contribution in [0, 0.1) is 5.41 Å². The Bertz CT molecular complexity index is 331. The Hall–Kier alpha value is -0.420. The van der Waals surface area contributed by atoms with E-state index in [0.29, 0.717) is 17.6 Å². The number of aliphatic imine (C=N–C) groups is 1. The molecule has 2 aliphatic carbocycles. The number of guanidine groups is 1. The minimum atomic E-state index is 0.396. The van der Waals surface area contributed by atoms with Crippen LogP contribution in [-0.4, -0.2) is 50.3 Å². The molecule has 0 saturated heterocycles. The number of ether oxygens (including phenoxy) is 1. The highest BCUT2D eigenvalue weighted by molar-refractivity contribution is 7.98. The van der Waals surface area contributed by atoms with Gasteiger partial charge in [-0.25, -0.2) is 0 Å². The molecule has 0 radical (unpaired) electrons. The summed E-state index contributed by atoms with van der Waals surface area (Å²) in [6, 6.07) is 0.541.